The van der Waals surface area contributed by atoms with Crippen molar-refractivity contribution in [1.82, 2.24) is 0 Å². The average molecular weight is 264 g/mol. The minimum atomic E-state index is -0.0892. The zero-order valence-electron chi connectivity index (χ0n) is 6.43. The van der Waals surface area contributed by atoms with Crippen molar-refractivity contribution in [2.24, 2.45) is 9.98 Å². The molecule has 0 unspecified atom stereocenters. The Morgan fingerprint density at radius 3 is 2.45 bits per heavy atom. The Balaban J connectivity index is 0.000001000. The fraction of sp³-hybridized carbons (Fsp3) is 0.429. The van der Waals surface area contributed by atoms with Gasteiger partial charge in [0.15, 0.2) is 0 Å². The standard InChI is InChI=1S/C7H9N2O.HI/c1-5-6(2)9-7(4-10)3-8-5;/h10H,4H2,1-2H3;1H/q+1;/p-1. The van der Waals surface area contributed by atoms with Crippen LogP contribution in [0.2, 0.25) is 0 Å². The summed E-state index contributed by atoms with van der Waals surface area (Å²) in [5.74, 6) is 0. The van der Waals surface area contributed by atoms with Gasteiger partial charge in [-0.25, -0.2) is 0 Å². The van der Waals surface area contributed by atoms with E-state index in [0.29, 0.717) is 5.70 Å². The Kier molecular flexibility index (Phi) is 4.40. The van der Waals surface area contributed by atoms with E-state index in [-0.39, 0.29) is 30.6 Å². The normalized spacial score (nSPS) is 15.4. The van der Waals surface area contributed by atoms with E-state index in [9.17, 15) is 0 Å². The molecule has 0 radical (unpaired) electrons. The Hall–Kier alpha value is -0.320. The van der Waals surface area contributed by atoms with Crippen LogP contribution >= 0.6 is 0 Å². The van der Waals surface area contributed by atoms with E-state index in [0.717, 1.165) is 11.4 Å². The van der Waals surface area contributed by atoms with E-state index in [1.807, 2.05) is 13.8 Å². The molecule has 1 heterocycles. The molecule has 0 atom stereocenters. The summed E-state index contributed by atoms with van der Waals surface area (Å²) >= 11 is 0. The van der Waals surface area contributed by atoms with Crippen molar-refractivity contribution < 1.29 is 29.1 Å². The molecule has 1 N–H and O–H groups in total. The van der Waals surface area contributed by atoms with E-state index in [4.69, 9.17) is 5.11 Å². The first-order valence-electron chi connectivity index (χ1n) is 3.06. The molecular formula is C7H9IN2O. The largest absolute Gasteiger partial charge is 1.00 e. The highest BCUT2D eigenvalue weighted by molar-refractivity contribution is 6.41. The third-order valence-electron chi connectivity index (χ3n) is 1.33. The Morgan fingerprint density at radius 1 is 1.36 bits per heavy atom. The smallest absolute Gasteiger partial charge is 0.246 e. The van der Waals surface area contributed by atoms with E-state index in [1.165, 1.54) is 0 Å². The van der Waals surface area contributed by atoms with Crippen LogP contribution in [0.15, 0.2) is 15.7 Å². The molecule has 3 nitrogen and oxygen atoms in total. The monoisotopic (exact) mass is 264 g/mol. The van der Waals surface area contributed by atoms with Crippen LogP contribution in [0.25, 0.3) is 0 Å². The van der Waals surface area contributed by atoms with Crippen LogP contribution in [0.3, 0.4) is 0 Å². The summed E-state index contributed by atoms with van der Waals surface area (Å²) in [5.41, 5.74) is 2.21. The van der Waals surface area contributed by atoms with Gasteiger partial charge in [0.25, 0.3) is 0 Å². The second-order valence-electron chi connectivity index (χ2n) is 2.11. The Bertz CT molecular complexity index is 231. The summed E-state index contributed by atoms with van der Waals surface area (Å²) in [5, 5.41) is 8.62. The third-order valence-corrected chi connectivity index (χ3v) is 1.33. The Morgan fingerprint density at radius 2 is 2.00 bits per heavy atom. The summed E-state index contributed by atoms with van der Waals surface area (Å²) in [6.07, 6.45) is 2.62. The number of nitrogens with zero attached hydrogens (tertiary/aromatic N) is 2. The van der Waals surface area contributed by atoms with Crippen LogP contribution in [0.5, 0.6) is 0 Å². The number of hydrogen-bond acceptors (Lipinski definition) is 3. The topological polar surface area (TPSA) is 45.0 Å². The molecule has 0 aromatic heterocycles. The van der Waals surface area contributed by atoms with E-state index >= 15 is 0 Å². The van der Waals surface area contributed by atoms with Crippen molar-refractivity contribution in [2.75, 3.05) is 6.61 Å². The van der Waals surface area contributed by atoms with Crippen molar-refractivity contribution >= 4 is 11.4 Å². The first kappa shape index (κ1) is 10.7. The van der Waals surface area contributed by atoms with Crippen LogP contribution in [0, 0.1) is 6.20 Å². The van der Waals surface area contributed by atoms with E-state index in [2.05, 4.69) is 16.2 Å². The predicted molar refractivity (Wildman–Crippen MR) is 40.1 cm³/mol. The molecule has 0 aromatic rings. The fourth-order valence-corrected chi connectivity index (χ4v) is 0.608. The number of rotatable bonds is 1. The maximum Gasteiger partial charge on any atom is 0.246 e. The van der Waals surface area contributed by atoms with Crippen molar-refractivity contribution in [3.05, 3.63) is 11.9 Å². The van der Waals surface area contributed by atoms with Gasteiger partial charge in [0.2, 0.25) is 17.6 Å². The minimum Gasteiger partial charge on any atom is -1.00 e. The number of aliphatic imine (C=N–C) groups is 2. The second-order valence-corrected chi connectivity index (χ2v) is 2.11. The molecule has 0 spiro atoms. The first-order chi connectivity index (χ1) is 4.74. The van der Waals surface area contributed by atoms with Crippen LogP contribution in [0.1, 0.15) is 13.8 Å². The predicted octanol–water partition coefficient (Wildman–Crippen LogP) is -2.44. The van der Waals surface area contributed by atoms with Crippen molar-refractivity contribution in [1.29, 1.82) is 0 Å². The maximum atomic E-state index is 8.62. The van der Waals surface area contributed by atoms with Gasteiger partial charge < -0.3 is 29.1 Å². The summed E-state index contributed by atoms with van der Waals surface area (Å²) < 4.78 is 0. The SMILES string of the molecule is CC1=N[C+]=C(CO)N=C1C.[I-]. The van der Waals surface area contributed by atoms with Crippen molar-refractivity contribution in [3.63, 3.8) is 0 Å². The summed E-state index contributed by atoms with van der Waals surface area (Å²) in [7, 11) is 0. The summed E-state index contributed by atoms with van der Waals surface area (Å²) in [6.45, 7) is 3.63. The molecule has 1 aliphatic rings. The molecule has 0 saturated carbocycles. The van der Waals surface area contributed by atoms with Crippen molar-refractivity contribution in [3.8, 4) is 0 Å². The van der Waals surface area contributed by atoms with Gasteiger partial charge in [0.1, 0.15) is 12.3 Å². The molecule has 60 valence electrons. The molecule has 4 heteroatoms. The first-order valence-corrected chi connectivity index (χ1v) is 3.06. The molecule has 0 aromatic carbocycles. The van der Waals surface area contributed by atoms with Gasteiger partial charge in [-0.05, 0) is 11.9 Å². The highest BCUT2D eigenvalue weighted by atomic mass is 127. The average Bonchev–Trinajstić information content (AvgIpc) is 1.95. The van der Waals surface area contributed by atoms with Gasteiger partial charge in [-0.15, -0.1) is 0 Å². The zero-order valence-corrected chi connectivity index (χ0v) is 8.58. The third kappa shape index (κ3) is 2.65. The number of hydrogen-bond donors (Lipinski definition) is 1. The lowest BCUT2D eigenvalue weighted by molar-refractivity contribution is -0.00000318. The van der Waals surface area contributed by atoms with E-state index < -0.39 is 0 Å². The molecule has 1 aliphatic heterocycles. The highest BCUT2D eigenvalue weighted by Gasteiger charge is 2.14. The lowest BCUT2D eigenvalue weighted by atomic mass is 10.2. The fourth-order valence-electron chi connectivity index (χ4n) is 0.608. The van der Waals surface area contributed by atoms with Gasteiger partial charge in [-0.1, -0.05) is 0 Å². The molecular weight excluding hydrogens is 255 g/mol. The van der Waals surface area contributed by atoms with Gasteiger partial charge in [0, 0.05) is 0 Å². The Labute approximate surface area is 83.0 Å². The molecule has 0 amide bonds. The lowest BCUT2D eigenvalue weighted by Crippen LogP contribution is -3.00. The highest BCUT2D eigenvalue weighted by Crippen LogP contribution is 2.02. The molecule has 11 heavy (non-hydrogen) atoms. The second kappa shape index (κ2) is 4.54. The summed E-state index contributed by atoms with van der Waals surface area (Å²) in [6, 6.07) is 0. The minimum absolute atomic E-state index is 0. The number of aliphatic hydroxyl groups excluding tert-OH is 1. The molecule has 1 rings (SSSR count). The van der Waals surface area contributed by atoms with Crippen LogP contribution in [0.4, 0.5) is 0 Å². The van der Waals surface area contributed by atoms with Crippen molar-refractivity contribution in [2.45, 2.75) is 13.8 Å². The molecule has 0 aliphatic carbocycles. The maximum absolute atomic E-state index is 8.62. The van der Waals surface area contributed by atoms with Gasteiger partial charge in [-0.2, -0.15) is 4.99 Å². The molecule has 0 bridgehead atoms. The molecule has 0 saturated heterocycles. The molecule has 0 fully saturated rings. The number of aliphatic hydroxyl groups is 1. The van der Waals surface area contributed by atoms with Gasteiger partial charge >= 0.3 is 0 Å². The van der Waals surface area contributed by atoms with Gasteiger partial charge in [-0.3, -0.25) is 0 Å². The van der Waals surface area contributed by atoms with E-state index in [1.54, 1.807) is 0 Å². The lowest BCUT2D eigenvalue weighted by Gasteiger charge is -1.93. The summed E-state index contributed by atoms with van der Waals surface area (Å²) in [4.78, 5) is 7.93. The van der Waals surface area contributed by atoms with Crippen LogP contribution in [-0.2, 0) is 0 Å². The number of halogens is 1. The van der Waals surface area contributed by atoms with Crippen LogP contribution in [-0.4, -0.2) is 23.1 Å². The zero-order chi connectivity index (χ0) is 7.56. The van der Waals surface area contributed by atoms with Gasteiger partial charge in [0.05, 0.1) is 6.92 Å². The quantitative estimate of drug-likeness (QED) is 0.415. The van der Waals surface area contributed by atoms with Crippen LogP contribution < -0.4 is 24.0 Å².